The molecule has 1 aliphatic carbocycles. The average Bonchev–Trinajstić information content (AvgIpc) is 3.07. The normalized spacial score (nSPS) is 20.5. The van der Waals surface area contributed by atoms with Gasteiger partial charge in [-0.05, 0) is 67.6 Å². The van der Waals surface area contributed by atoms with Gasteiger partial charge in [0, 0.05) is 63.5 Å². The fourth-order valence-electron chi connectivity index (χ4n) is 6.04. The van der Waals surface area contributed by atoms with Crippen LogP contribution in [0.15, 0.2) is 54.6 Å². The average molecular weight is 643 g/mol. The topological polar surface area (TPSA) is 144 Å². The van der Waals surface area contributed by atoms with Crippen LogP contribution < -0.4 is 25.2 Å². The second-order valence-corrected chi connectivity index (χ2v) is 12.2. The molecule has 2 aromatic carbocycles. The minimum atomic E-state index is -0.380. The number of benzene rings is 2. The van der Waals surface area contributed by atoms with Gasteiger partial charge in [0.25, 0.3) is 5.91 Å². The number of carbonyl (C=O) groups is 3. The maximum absolute atomic E-state index is 12.9. The SMILES string of the molecule is N#Cc1ccc(OC2CCC(NC(=O)c3ccc(N4CCN(Cc5ccc(N6CCC(=O)NC6=O)cc5)CC4)nn3)CC2)cc1Cl. The van der Waals surface area contributed by atoms with Crippen molar-refractivity contribution in [2.45, 2.75) is 50.8 Å². The van der Waals surface area contributed by atoms with E-state index in [4.69, 9.17) is 21.6 Å². The van der Waals surface area contributed by atoms with Crippen LogP contribution in [0.3, 0.4) is 0 Å². The molecule has 3 aliphatic rings. The Morgan fingerprint density at radius 1 is 0.978 bits per heavy atom. The molecule has 2 aliphatic heterocycles. The van der Waals surface area contributed by atoms with Crippen LogP contribution in [-0.2, 0) is 11.3 Å². The van der Waals surface area contributed by atoms with E-state index in [1.165, 1.54) is 0 Å². The molecule has 46 heavy (non-hydrogen) atoms. The predicted octanol–water partition coefficient (Wildman–Crippen LogP) is 3.89. The Balaban J connectivity index is 0.923. The quantitative estimate of drug-likeness (QED) is 0.374. The Kier molecular flexibility index (Phi) is 9.61. The van der Waals surface area contributed by atoms with Crippen molar-refractivity contribution in [2.24, 2.45) is 0 Å². The van der Waals surface area contributed by atoms with Gasteiger partial charge < -0.3 is 15.0 Å². The lowest BCUT2D eigenvalue weighted by molar-refractivity contribution is -0.120. The molecule has 0 atom stereocenters. The van der Waals surface area contributed by atoms with Gasteiger partial charge in [-0.3, -0.25) is 24.7 Å². The Bertz CT molecular complexity index is 1610. The molecule has 2 N–H and O–H groups in total. The van der Waals surface area contributed by atoms with Crippen LogP contribution in [0.2, 0.25) is 5.02 Å². The third-order valence-corrected chi connectivity index (χ3v) is 8.97. The van der Waals surface area contributed by atoms with Gasteiger partial charge in [0.2, 0.25) is 5.91 Å². The molecule has 1 aromatic heterocycles. The number of halogens is 1. The maximum atomic E-state index is 12.9. The highest BCUT2D eigenvalue weighted by molar-refractivity contribution is 6.31. The summed E-state index contributed by atoms with van der Waals surface area (Å²) in [5.74, 6) is 0.923. The first-order valence-electron chi connectivity index (χ1n) is 15.5. The van der Waals surface area contributed by atoms with E-state index in [-0.39, 0.29) is 30.0 Å². The second kappa shape index (κ2) is 14.1. The molecule has 0 radical (unpaired) electrons. The van der Waals surface area contributed by atoms with Gasteiger partial charge in [0.1, 0.15) is 11.8 Å². The molecule has 0 unspecified atom stereocenters. The first-order valence-corrected chi connectivity index (χ1v) is 15.9. The van der Waals surface area contributed by atoms with E-state index >= 15 is 0 Å². The first-order chi connectivity index (χ1) is 22.3. The molecule has 2 saturated heterocycles. The van der Waals surface area contributed by atoms with Gasteiger partial charge in [-0.15, -0.1) is 10.2 Å². The van der Waals surface area contributed by atoms with Crippen LogP contribution in [0, 0.1) is 11.3 Å². The number of aromatic nitrogens is 2. The molecule has 4 amide bonds. The number of carbonyl (C=O) groups excluding carboxylic acids is 3. The third kappa shape index (κ3) is 7.55. The number of nitriles is 1. The number of urea groups is 1. The van der Waals surface area contributed by atoms with Crippen molar-refractivity contribution in [3.05, 3.63) is 76.4 Å². The van der Waals surface area contributed by atoms with Gasteiger partial charge in [-0.25, -0.2) is 4.79 Å². The minimum absolute atomic E-state index is 0.0282. The van der Waals surface area contributed by atoms with Crippen LogP contribution in [0.5, 0.6) is 5.75 Å². The second-order valence-electron chi connectivity index (χ2n) is 11.8. The Morgan fingerprint density at radius 2 is 1.74 bits per heavy atom. The van der Waals surface area contributed by atoms with Gasteiger partial charge in [-0.1, -0.05) is 23.7 Å². The summed E-state index contributed by atoms with van der Waals surface area (Å²) in [7, 11) is 0. The molecule has 3 aromatic rings. The zero-order chi connectivity index (χ0) is 32.0. The van der Waals surface area contributed by atoms with E-state index in [1.54, 1.807) is 29.2 Å². The predicted molar refractivity (Wildman–Crippen MR) is 172 cm³/mol. The van der Waals surface area contributed by atoms with Crippen molar-refractivity contribution in [3.8, 4) is 11.8 Å². The molecule has 3 fully saturated rings. The summed E-state index contributed by atoms with van der Waals surface area (Å²) >= 11 is 6.12. The lowest BCUT2D eigenvalue weighted by Gasteiger charge is -2.35. The minimum Gasteiger partial charge on any atom is -0.490 e. The van der Waals surface area contributed by atoms with E-state index in [2.05, 4.69) is 30.6 Å². The van der Waals surface area contributed by atoms with E-state index in [0.29, 0.717) is 35.0 Å². The largest absolute Gasteiger partial charge is 0.490 e. The van der Waals surface area contributed by atoms with E-state index in [9.17, 15) is 14.4 Å². The molecule has 0 spiro atoms. The van der Waals surface area contributed by atoms with Crippen LogP contribution in [0.25, 0.3) is 0 Å². The highest BCUT2D eigenvalue weighted by atomic mass is 35.5. The number of ether oxygens (including phenoxy) is 1. The molecule has 13 heteroatoms. The number of imide groups is 1. The smallest absolute Gasteiger partial charge is 0.328 e. The number of hydrogen-bond acceptors (Lipinski definition) is 9. The Morgan fingerprint density at radius 3 is 2.39 bits per heavy atom. The summed E-state index contributed by atoms with van der Waals surface area (Å²) in [4.78, 5) is 42.5. The van der Waals surface area contributed by atoms with Crippen LogP contribution in [0.4, 0.5) is 16.3 Å². The van der Waals surface area contributed by atoms with Crippen LogP contribution in [-0.4, -0.2) is 77.8 Å². The number of nitrogens with zero attached hydrogens (tertiary/aromatic N) is 6. The zero-order valence-electron chi connectivity index (χ0n) is 25.3. The fraction of sp³-hybridized carbons (Fsp3) is 0.394. The molecule has 1 saturated carbocycles. The van der Waals surface area contributed by atoms with Crippen molar-refractivity contribution in [3.63, 3.8) is 0 Å². The third-order valence-electron chi connectivity index (χ3n) is 8.66. The number of amides is 4. The van der Waals surface area contributed by atoms with E-state index in [0.717, 1.165) is 75.5 Å². The molecule has 238 valence electrons. The molecular formula is C33H35ClN8O4. The van der Waals surface area contributed by atoms with Gasteiger partial charge in [0.05, 0.1) is 16.7 Å². The van der Waals surface area contributed by atoms with Gasteiger partial charge in [0.15, 0.2) is 11.5 Å². The molecule has 12 nitrogen and oxygen atoms in total. The van der Waals surface area contributed by atoms with Gasteiger partial charge in [-0.2, -0.15) is 5.26 Å². The zero-order valence-corrected chi connectivity index (χ0v) is 26.1. The van der Waals surface area contributed by atoms with Crippen molar-refractivity contribution in [1.82, 2.24) is 25.7 Å². The number of hydrogen-bond donors (Lipinski definition) is 2. The highest BCUT2D eigenvalue weighted by Gasteiger charge is 2.26. The number of anilines is 2. The monoisotopic (exact) mass is 642 g/mol. The Hall–Kier alpha value is -4.73. The van der Waals surface area contributed by atoms with Crippen molar-refractivity contribution in [2.75, 3.05) is 42.5 Å². The lowest BCUT2D eigenvalue weighted by atomic mass is 9.93. The molecule has 6 rings (SSSR count). The summed E-state index contributed by atoms with van der Waals surface area (Å²) in [6, 6.07) is 18.3. The molecule has 0 bridgehead atoms. The van der Waals surface area contributed by atoms with E-state index in [1.807, 2.05) is 36.4 Å². The molecule has 3 heterocycles. The molecular weight excluding hydrogens is 608 g/mol. The van der Waals surface area contributed by atoms with Crippen molar-refractivity contribution >= 4 is 41.0 Å². The van der Waals surface area contributed by atoms with Crippen molar-refractivity contribution in [1.29, 1.82) is 5.26 Å². The first kappa shape index (κ1) is 31.3. The number of rotatable bonds is 8. The summed E-state index contributed by atoms with van der Waals surface area (Å²) in [6.07, 6.45) is 3.50. The highest BCUT2D eigenvalue weighted by Crippen LogP contribution is 2.27. The summed E-state index contributed by atoms with van der Waals surface area (Å²) in [6.45, 7) is 4.47. The fourth-order valence-corrected chi connectivity index (χ4v) is 6.25. The van der Waals surface area contributed by atoms with Crippen LogP contribution in [0.1, 0.15) is 53.7 Å². The van der Waals surface area contributed by atoms with Crippen LogP contribution >= 0.6 is 11.6 Å². The standard InChI is InChI=1S/C33H35ClN8O4/c34-28-19-27(8-3-23(28)20-35)46-26-9-4-24(5-10-26)36-32(44)29-11-12-30(39-38-29)41-17-15-40(16-18-41)21-22-1-6-25(7-2-22)42-14-13-31(43)37-33(42)45/h1-3,6-8,11-12,19,24,26H,4-5,9-10,13-18,21H2,(H,36,44)(H,37,43,45). The maximum Gasteiger partial charge on any atom is 0.328 e. The lowest BCUT2D eigenvalue weighted by Crippen LogP contribution is -2.49. The summed E-state index contributed by atoms with van der Waals surface area (Å²) < 4.78 is 6.05. The van der Waals surface area contributed by atoms with Gasteiger partial charge >= 0.3 is 6.03 Å². The van der Waals surface area contributed by atoms with Crippen molar-refractivity contribution < 1.29 is 19.1 Å². The summed E-state index contributed by atoms with van der Waals surface area (Å²) in [5.41, 5.74) is 2.64. The number of nitrogens with one attached hydrogen (secondary N) is 2. The van der Waals surface area contributed by atoms with E-state index < -0.39 is 0 Å². The number of piperazine rings is 1. The summed E-state index contributed by atoms with van der Waals surface area (Å²) in [5, 5.41) is 23.4. The Labute approximate surface area is 272 Å².